The summed E-state index contributed by atoms with van der Waals surface area (Å²) in [6, 6.07) is 1.76. The van der Waals surface area contributed by atoms with Gasteiger partial charge in [0, 0.05) is 18.9 Å². The molecule has 0 fully saturated rings. The van der Waals surface area contributed by atoms with Crippen LogP contribution in [0.2, 0.25) is 0 Å². The number of allylic oxidation sites excluding steroid dienone is 1. The van der Waals surface area contributed by atoms with Gasteiger partial charge in [-0.1, -0.05) is 6.08 Å². The highest BCUT2D eigenvalue weighted by Crippen LogP contribution is 1.91. The molecule has 12 heavy (non-hydrogen) atoms. The van der Waals surface area contributed by atoms with Gasteiger partial charge in [-0.3, -0.25) is 4.57 Å². The number of aromatic nitrogens is 2. The van der Waals surface area contributed by atoms with E-state index in [1.807, 2.05) is 6.08 Å². The van der Waals surface area contributed by atoms with Crippen molar-refractivity contribution in [3.05, 3.63) is 41.6 Å². The molecule has 0 saturated heterocycles. The first-order chi connectivity index (χ1) is 5.84. The molecular formula is C9H12N2O. The van der Waals surface area contributed by atoms with E-state index in [-0.39, 0.29) is 5.69 Å². The zero-order chi connectivity index (χ0) is 8.81. The third kappa shape index (κ3) is 2.34. The Bertz CT molecular complexity index is 303. The lowest BCUT2D eigenvalue weighted by Crippen LogP contribution is -2.21. The average molecular weight is 164 g/mol. The molecule has 1 aromatic rings. The molecule has 0 N–H and O–H groups in total. The van der Waals surface area contributed by atoms with Gasteiger partial charge in [-0.05, 0) is 18.9 Å². The molecule has 0 atom stereocenters. The molecule has 0 amide bonds. The Hall–Kier alpha value is -1.38. The largest absolute Gasteiger partial charge is 0.347 e. The van der Waals surface area contributed by atoms with E-state index in [0.717, 1.165) is 19.4 Å². The second-order valence-electron chi connectivity index (χ2n) is 2.53. The second kappa shape index (κ2) is 4.49. The first-order valence-electron chi connectivity index (χ1n) is 3.97. The lowest BCUT2D eigenvalue weighted by Gasteiger charge is -2.00. The fourth-order valence-electron chi connectivity index (χ4n) is 0.963. The van der Waals surface area contributed by atoms with E-state index in [2.05, 4.69) is 11.6 Å². The van der Waals surface area contributed by atoms with Gasteiger partial charge in [-0.2, -0.15) is 0 Å². The molecule has 0 aliphatic heterocycles. The molecule has 0 unspecified atom stereocenters. The van der Waals surface area contributed by atoms with Crippen molar-refractivity contribution < 1.29 is 0 Å². The van der Waals surface area contributed by atoms with Crippen LogP contribution in [0.1, 0.15) is 12.8 Å². The van der Waals surface area contributed by atoms with Gasteiger partial charge in [-0.15, -0.1) is 6.58 Å². The lowest BCUT2D eigenvalue weighted by molar-refractivity contribution is 0.613. The highest BCUT2D eigenvalue weighted by molar-refractivity contribution is 4.81. The first kappa shape index (κ1) is 8.71. The molecule has 0 radical (unpaired) electrons. The van der Waals surface area contributed by atoms with Gasteiger partial charge in [-0.25, -0.2) is 9.78 Å². The monoisotopic (exact) mass is 164 g/mol. The van der Waals surface area contributed by atoms with Crippen LogP contribution in [0.15, 0.2) is 35.9 Å². The normalized spacial score (nSPS) is 9.67. The zero-order valence-corrected chi connectivity index (χ0v) is 6.94. The SMILES string of the molecule is C=CCCCn1cccnc1=O. The van der Waals surface area contributed by atoms with Crippen LogP contribution in [-0.2, 0) is 6.54 Å². The molecule has 1 heterocycles. The molecule has 1 aromatic heterocycles. The maximum atomic E-state index is 11.0. The molecule has 64 valence electrons. The van der Waals surface area contributed by atoms with Crippen molar-refractivity contribution in [2.75, 3.05) is 0 Å². The van der Waals surface area contributed by atoms with Gasteiger partial charge >= 0.3 is 5.69 Å². The quantitative estimate of drug-likeness (QED) is 0.495. The number of hydrogen-bond acceptors (Lipinski definition) is 2. The molecule has 0 aromatic carbocycles. The molecule has 0 saturated carbocycles. The molecule has 0 aliphatic rings. The van der Waals surface area contributed by atoms with Crippen LogP contribution in [0.5, 0.6) is 0 Å². The standard InChI is InChI=1S/C9H12N2O/c1-2-3-4-7-11-8-5-6-10-9(11)12/h2,5-6,8H,1,3-4,7H2. The van der Waals surface area contributed by atoms with E-state index >= 15 is 0 Å². The zero-order valence-electron chi connectivity index (χ0n) is 6.94. The summed E-state index contributed by atoms with van der Waals surface area (Å²) < 4.78 is 1.60. The summed E-state index contributed by atoms with van der Waals surface area (Å²) in [4.78, 5) is 14.7. The molecule has 1 rings (SSSR count). The van der Waals surface area contributed by atoms with Gasteiger partial charge in [0.25, 0.3) is 0 Å². The lowest BCUT2D eigenvalue weighted by atomic mass is 10.3. The van der Waals surface area contributed by atoms with Crippen LogP contribution in [0, 0.1) is 0 Å². The smallest absolute Gasteiger partial charge is 0.299 e. The van der Waals surface area contributed by atoms with Crippen molar-refractivity contribution in [1.82, 2.24) is 9.55 Å². The van der Waals surface area contributed by atoms with Gasteiger partial charge in [0.15, 0.2) is 0 Å². The van der Waals surface area contributed by atoms with Crippen LogP contribution in [0.3, 0.4) is 0 Å². The Morgan fingerprint density at radius 2 is 2.50 bits per heavy atom. The maximum Gasteiger partial charge on any atom is 0.347 e. The molecule has 0 bridgehead atoms. The molecule has 0 aliphatic carbocycles. The minimum absolute atomic E-state index is 0.179. The summed E-state index contributed by atoms with van der Waals surface area (Å²) in [7, 11) is 0. The number of unbranched alkanes of at least 4 members (excludes halogenated alkanes) is 1. The summed E-state index contributed by atoms with van der Waals surface area (Å²) in [6.45, 7) is 4.33. The summed E-state index contributed by atoms with van der Waals surface area (Å²) in [5.41, 5.74) is -0.179. The molecule has 3 nitrogen and oxygen atoms in total. The van der Waals surface area contributed by atoms with Crippen molar-refractivity contribution in [2.45, 2.75) is 19.4 Å². The Morgan fingerprint density at radius 3 is 3.17 bits per heavy atom. The van der Waals surface area contributed by atoms with Crippen LogP contribution < -0.4 is 5.69 Å². The topological polar surface area (TPSA) is 34.9 Å². The van der Waals surface area contributed by atoms with Gasteiger partial charge < -0.3 is 0 Å². The van der Waals surface area contributed by atoms with Crippen LogP contribution in [0.4, 0.5) is 0 Å². The van der Waals surface area contributed by atoms with E-state index in [9.17, 15) is 4.79 Å². The molecular weight excluding hydrogens is 152 g/mol. The number of aryl methyl sites for hydroxylation is 1. The maximum absolute atomic E-state index is 11.0. The first-order valence-corrected chi connectivity index (χ1v) is 3.97. The second-order valence-corrected chi connectivity index (χ2v) is 2.53. The van der Waals surface area contributed by atoms with Gasteiger partial charge in [0.05, 0.1) is 0 Å². The third-order valence-corrected chi connectivity index (χ3v) is 1.59. The van der Waals surface area contributed by atoms with E-state index in [1.54, 1.807) is 16.8 Å². The minimum atomic E-state index is -0.179. The summed E-state index contributed by atoms with van der Waals surface area (Å²) in [5.74, 6) is 0. The summed E-state index contributed by atoms with van der Waals surface area (Å²) >= 11 is 0. The van der Waals surface area contributed by atoms with E-state index in [1.165, 1.54) is 6.20 Å². The Labute approximate surface area is 71.4 Å². The average Bonchev–Trinajstić information content (AvgIpc) is 2.09. The van der Waals surface area contributed by atoms with Crippen LogP contribution in [0.25, 0.3) is 0 Å². The summed E-state index contributed by atoms with van der Waals surface area (Å²) in [5, 5.41) is 0. The van der Waals surface area contributed by atoms with Crippen molar-refractivity contribution in [3.8, 4) is 0 Å². The van der Waals surface area contributed by atoms with Gasteiger partial charge in [0.2, 0.25) is 0 Å². The highest BCUT2D eigenvalue weighted by Gasteiger charge is 1.92. The Morgan fingerprint density at radius 1 is 1.67 bits per heavy atom. The third-order valence-electron chi connectivity index (χ3n) is 1.59. The van der Waals surface area contributed by atoms with Crippen LogP contribution in [-0.4, -0.2) is 9.55 Å². The fourth-order valence-corrected chi connectivity index (χ4v) is 0.963. The fraction of sp³-hybridized carbons (Fsp3) is 0.333. The summed E-state index contributed by atoms with van der Waals surface area (Å²) in [6.07, 6.45) is 6.97. The Balaban J connectivity index is 2.57. The molecule has 3 heteroatoms. The van der Waals surface area contributed by atoms with Crippen molar-refractivity contribution >= 4 is 0 Å². The number of hydrogen-bond donors (Lipinski definition) is 0. The van der Waals surface area contributed by atoms with Crippen molar-refractivity contribution in [3.63, 3.8) is 0 Å². The van der Waals surface area contributed by atoms with Crippen molar-refractivity contribution in [2.24, 2.45) is 0 Å². The van der Waals surface area contributed by atoms with Crippen LogP contribution >= 0.6 is 0 Å². The Kier molecular flexibility index (Phi) is 3.26. The van der Waals surface area contributed by atoms with E-state index < -0.39 is 0 Å². The number of rotatable bonds is 4. The van der Waals surface area contributed by atoms with Crippen molar-refractivity contribution in [1.29, 1.82) is 0 Å². The molecule has 0 spiro atoms. The predicted octanol–water partition coefficient (Wildman–Crippen LogP) is 1.21. The predicted molar refractivity (Wildman–Crippen MR) is 47.9 cm³/mol. The number of nitrogens with zero attached hydrogens (tertiary/aromatic N) is 2. The minimum Gasteiger partial charge on any atom is -0.299 e. The van der Waals surface area contributed by atoms with E-state index in [4.69, 9.17) is 0 Å². The van der Waals surface area contributed by atoms with E-state index in [0.29, 0.717) is 0 Å². The van der Waals surface area contributed by atoms with Gasteiger partial charge in [0.1, 0.15) is 0 Å². The highest BCUT2D eigenvalue weighted by atomic mass is 16.1.